The van der Waals surface area contributed by atoms with Gasteiger partial charge in [-0.15, -0.1) is 0 Å². The maximum Gasteiger partial charge on any atom is 0.330 e. The van der Waals surface area contributed by atoms with Gasteiger partial charge in [-0.25, -0.2) is 4.79 Å². The van der Waals surface area contributed by atoms with E-state index in [1.165, 1.54) is 46.6 Å². The normalized spacial score (nSPS) is 13.8. The van der Waals surface area contributed by atoms with Gasteiger partial charge in [-0.05, 0) is 64.3 Å². The van der Waals surface area contributed by atoms with E-state index >= 15 is 0 Å². The summed E-state index contributed by atoms with van der Waals surface area (Å²) in [5.74, 6) is -0.346. The largest absolute Gasteiger partial charge is 0.466 e. The van der Waals surface area contributed by atoms with Crippen LogP contribution in [0.2, 0.25) is 0 Å². The first-order valence-corrected chi connectivity index (χ1v) is 9.99. The molecule has 3 aromatic rings. The molecule has 0 aliphatic heterocycles. The Labute approximate surface area is 172 Å². The number of benzene rings is 3. The van der Waals surface area contributed by atoms with Crippen LogP contribution >= 0.6 is 0 Å². The molecule has 3 aromatic carbocycles. The number of hydrogen-bond acceptors (Lipinski definition) is 2. The zero-order chi connectivity index (χ0) is 20.1. The number of hydrogen-bond donors (Lipinski definition) is 0. The molecule has 0 N–H and O–H groups in total. The third kappa shape index (κ3) is 4.22. The zero-order valence-corrected chi connectivity index (χ0v) is 16.6. The van der Waals surface area contributed by atoms with E-state index in [1.807, 2.05) is 0 Å². The smallest absolute Gasteiger partial charge is 0.330 e. The van der Waals surface area contributed by atoms with Crippen LogP contribution in [0.1, 0.15) is 40.7 Å². The number of carbonyl (C=O) groups is 1. The van der Waals surface area contributed by atoms with Crippen LogP contribution in [0.25, 0.3) is 17.2 Å². The lowest BCUT2D eigenvalue weighted by molar-refractivity contribution is -0.134. The number of esters is 1. The molecular formula is C27H24O2. The molecule has 0 saturated heterocycles. The second-order valence-electron chi connectivity index (χ2n) is 7.21. The molecule has 0 saturated carbocycles. The van der Waals surface area contributed by atoms with E-state index in [9.17, 15) is 4.79 Å². The predicted octanol–water partition coefficient (Wildman–Crippen LogP) is 6.17. The Balaban J connectivity index is 1.83. The van der Waals surface area contributed by atoms with E-state index in [4.69, 9.17) is 0 Å². The number of rotatable bonds is 4. The average molecular weight is 380 g/mol. The Kier molecular flexibility index (Phi) is 5.71. The van der Waals surface area contributed by atoms with Crippen molar-refractivity contribution in [2.45, 2.75) is 19.3 Å². The number of aryl methyl sites for hydroxylation is 1. The van der Waals surface area contributed by atoms with Crippen molar-refractivity contribution < 1.29 is 9.53 Å². The summed E-state index contributed by atoms with van der Waals surface area (Å²) in [6.07, 6.45) is 6.52. The highest BCUT2D eigenvalue weighted by Crippen LogP contribution is 2.39. The summed E-state index contributed by atoms with van der Waals surface area (Å²) in [5.41, 5.74) is 8.90. The Morgan fingerprint density at radius 1 is 0.828 bits per heavy atom. The van der Waals surface area contributed by atoms with E-state index in [2.05, 4.69) is 83.6 Å². The maximum atomic E-state index is 11.4. The van der Waals surface area contributed by atoms with E-state index in [-0.39, 0.29) is 5.97 Å². The molecule has 1 aliphatic rings. The Bertz CT molecular complexity index is 1060. The molecule has 0 bridgehead atoms. The molecule has 0 amide bonds. The van der Waals surface area contributed by atoms with Gasteiger partial charge in [-0.1, -0.05) is 78.9 Å². The number of methoxy groups -OCH3 is 1. The number of ether oxygens (including phenoxy) is 1. The fraction of sp³-hybridized carbons (Fsp3) is 0.148. The molecule has 0 aromatic heterocycles. The van der Waals surface area contributed by atoms with Crippen molar-refractivity contribution in [3.05, 3.63) is 113 Å². The Morgan fingerprint density at radius 3 is 2.31 bits per heavy atom. The van der Waals surface area contributed by atoms with Crippen molar-refractivity contribution in [1.29, 1.82) is 0 Å². The highest BCUT2D eigenvalue weighted by molar-refractivity contribution is 6.00. The number of allylic oxidation sites excluding steroid dienone is 1. The highest BCUT2D eigenvalue weighted by Gasteiger charge is 2.19. The minimum atomic E-state index is -0.346. The molecule has 0 heterocycles. The van der Waals surface area contributed by atoms with E-state index < -0.39 is 0 Å². The molecule has 0 fully saturated rings. The summed E-state index contributed by atoms with van der Waals surface area (Å²) in [7, 11) is 1.39. The lowest BCUT2D eigenvalue weighted by atomic mass is 9.87. The predicted molar refractivity (Wildman–Crippen MR) is 119 cm³/mol. The van der Waals surface area contributed by atoms with Crippen molar-refractivity contribution in [1.82, 2.24) is 0 Å². The van der Waals surface area contributed by atoms with Gasteiger partial charge in [0, 0.05) is 6.08 Å². The van der Waals surface area contributed by atoms with Crippen LogP contribution in [-0.4, -0.2) is 13.1 Å². The van der Waals surface area contributed by atoms with Gasteiger partial charge < -0.3 is 4.74 Å². The molecule has 0 radical (unpaired) electrons. The minimum Gasteiger partial charge on any atom is -0.466 e. The summed E-state index contributed by atoms with van der Waals surface area (Å²) in [5, 5.41) is 0. The fourth-order valence-corrected chi connectivity index (χ4v) is 3.98. The highest BCUT2D eigenvalue weighted by atomic mass is 16.5. The lowest BCUT2D eigenvalue weighted by Gasteiger charge is -2.16. The molecule has 29 heavy (non-hydrogen) atoms. The fourth-order valence-electron chi connectivity index (χ4n) is 3.98. The molecule has 0 spiro atoms. The van der Waals surface area contributed by atoms with Crippen molar-refractivity contribution >= 4 is 23.2 Å². The first-order valence-electron chi connectivity index (χ1n) is 9.99. The molecule has 1 aliphatic carbocycles. The Hall–Kier alpha value is -3.39. The van der Waals surface area contributed by atoms with Gasteiger partial charge in [-0.3, -0.25) is 0 Å². The molecule has 4 rings (SSSR count). The summed E-state index contributed by atoms with van der Waals surface area (Å²) in [6, 6.07) is 27.8. The van der Waals surface area contributed by atoms with Gasteiger partial charge in [0.2, 0.25) is 0 Å². The molecule has 0 atom stereocenters. The standard InChI is InChI=1S/C27H24O2/c1-29-26(28)19-16-20-14-17-23(18-15-20)27-24-12-6-5-10-22(24)11-7-13-25(27)21-8-3-2-4-9-21/h2-6,8-10,12,14-19H,7,11,13H2,1H3. The average Bonchev–Trinajstić information content (AvgIpc) is 2.98. The van der Waals surface area contributed by atoms with Gasteiger partial charge in [0.15, 0.2) is 0 Å². The topological polar surface area (TPSA) is 26.3 Å². The van der Waals surface area contributed by atoms with E-state index in [0.717, 1.165) is 24.8 Å². The number of carbonyl (C=O) groups excluding carboxylic acids is 1. The van der Waals surface area contributed by atoms with E-state index in [1.54, 1.807) is 6.08 Å². The summed E-state index contributed by atoms with van der Waals surface area (Å²) >= 11 is 0. The summed E-state index contributed by atoms with van der Waals surface area (Å²) < 4.78 is 4.67. The van der Waals surface area contributed by atoms with Crippen molar-refractivity contribution in [3.8, 4) is 0 Å². The van der Waals surface area contributed by atoms with Crippen molar-refractivity contribution in [2.24, 2.45) is 0 Å². The summed E-state index contributed by atoms with van der Waals surface area (Å²) in [4.78, 5) is 11.4. The first kappa shape index (κ1) is 18.9. The van der Waals surface area contributed by atoms with Crippen LogP contribution in [0.4, 0.5) is 0 Å². The quantitative estimate of drug-likeness (QED) is 0.400. The number of fused-ring (bicyclic) bond motifs is 1. The second kappa shape index (κ2) is 8.74. The second-order valence-corrected chi connectivity index (χ2v) is 7.21. The monoisotopic (exact) mass is 380 g/mol. The van der Waals surface area contributed by atoms with E-state index in [0.29, 0.717) is 0 Å². The third-order valence-corrected chi connectivity index (χ3v) is 5.40. The summed E-state index contributed by atoms with van der Waals surface area (Å²) in [6.45, 7) is 0. The van der Waals surface area contributed by atoms with Crippen LogP contribution in [0, 0.1) is 0 Å². The van der Waals surface area contributed by atoms with Gasteiger partial charge >= 0.3 is 5.97 Å². The van der Waals surface area contributed by atoms with Crippen molar-refractivity contribution in [3.63, 3.8) is 0 Å². The van der Waals surface area contributed by atoms with Crippen LogP contribution in [0.3, 0.4) is 0 Å². The van der Waals surface area contributed by atoms with Gasteiger partial charge in [0.25, 0.3) is 0 Å². The molecular weight excluding hydrogens is 356 g/mol. The van der Waals surface area contributed by atoms with Crippen LogP contribution < -0.4 is 0 Å². The third-order valence-electron chi connectivity index (χ3n) is 5.40. The SMILES string of the molecule is COC(=O)C=Cc1ccc(C2=C(c3ccccc3)CCCc3ccccc32)cc1. The molecule has 144 valence electrons. The van der Waals surface area contributed by atoms with Gasteiger partial charge in [0.05, 0.1) is 7.11 Å². The van der Waals surface area contributed by atoms with Gasteiger partial charge in [0.1, 0.15) is 0 Å². The zero-order valence-electron chi connectivity index (χ0n) is 16.6. The molecule has 2 nitrogen and oxygen atoms in total. The minimum absolute atomic E-state index is 0.346. The Morgan fingerprint density at radius 2 is 1.55 bits per heavy atom. The maximum absolute atomic E-state index is 11.4. The van der Waals surface area contributed by atoms with Crippen LogP contribution in [-0.2, 0) is 16.0 Å². The van der Waals surface area contributed by atoms with Crippen molar-refractivity contribution in [2.75, 3.05) is 7.11 Å². The lowest BCUT2D eigenvalue weighted by Crippen LogP contribution is -1.96. The van der Waals surface area contributed by atoms with Crippen LogP contribution in [0.5, 0.6) is 0 Å². The van der Waals surface area contributed by atoms with Crippen LogP contribution in [0.15, 0.2) is 84.9 Å². The first-order chi connectivity index (χ1) is 14.3. The molecule has 2 heteroatoms. The molecule has 0 unspecified atom stereocenters. The van der Waals surface area contributed by atoms with Gasteiger partial charge in [-0.2, -0.15) is 0 Å².